The highest BCUT2D eigenvalue weighted by molar-refractivity contribution is 7.99. The molecule has 1 atom stereocenters. The van der Waals surface area contributed by atoms with E-state index in [9.17, 15) is 14.0 Å². The smallest absolute Gasteiger partial charge is 0.243 e. The van der Waals surface area contributed by atoms with Crippen molar-refractivity contribution in [3.05, 3.63) is 71.0 Å². The van der Waals surface area contributed by atoms with Gasteiger partial charge in [0.2, 0.25) is 11.8 Å². The number of hydrogen-bond acceptors (Lipinski definition) is 3. The lowest BCUT2D eigenvalue weighted by molar-refractivity contribution is -0.139. The summed E-state index contributed by atoms with van der Waals surface area (Å²) in [4.78, 5) is 27.5. The van der Waals surface area contributed by atoms with Gasteiger partial charge in [-0.3, -0.25) is 9.59 Å². The molecule has 0 saturated heterocycles. The lowest BCUT2D eigenvalue weighted by Crippen LogP contribution is -2.50. The minimum absolute atomic E-state index is 0.00924. The number of hydrogen-bond donors (Lipinski definition) is 1. The fourth-order valence-corrected chi connectivity index (χ4v) is 4.09. The van der Waals surface area contributed by atoms with E-state index < -0.39 is 6.04 Å². The Morgan fingerprint density at radius 3 is 2.40 bits per heavy atom. The Kier molecular flexibility index (Phi) is 9.37. The van der Waals surface area contributed by atoms with Crippen LogP contribution in [0.25, 0.3) is 0 Å². The van der Waals surface area contributed by atoms with Gasteiger partial charge in [0.05, 0.1) is 5.75 Å². The molecule has 0 radical (unpaired) electrons. The first-order valence-corrected chi connectivity index (χ1v) is 11.4. The number of nitrogens with one attached hydrogen (secondary N) is 1. The molecule has 0 bridgehead atoms. The lowest BCUT2D eigenvalue weighted by Gasteiger charge is -2.31. The van der Waals surface area contributed by atoms with Gasteiger partial charge in [-0.2, -0.15) is 0 Å². The summed E-state index contributed by atoms with van der Waals surface area (Å²) in [6.07, 6.45) is 0.508. The van der Waals surface area contributed by atoms with Gasteiger partial charge in [-0.1, -0.05) is 48.9 Å². The van der Waals surface area contributed by atoms with Crippen LogP contribution in [0.15, 0.2) is 48.5 Å². The zero-order chi connectivity index (χ0) is 22.1. The largest absolute Gasteiger partial charge is 0.352 e. The Morgan fingerprint density at radius 2 is 1.80 bits per heavy atom. The minimum atomic E-state index is -0.565. The van der Waals surface area contributed by atoms with Crippen molar-refractivity contribution < 1.29 is 14.0 Å². The van der Waals surface area contributed by atoms with Gasteiger partial charge in [-0.25, -0.2) is 4.39 Å². The maximum Gasteiger partial charge on any atom is 0.243 e. The first-order chi connectivity index (χ1) is 14.3. The maximum atomic E-state index is 13.3. The predicted octanol–water partition coefficient (Wildman–Crippen LogP) is 4.70. The van der Waals surface area contributed by atoms with Gasteiger partial charge in [0.25, 0.3) is 0 Å². The molecule has 2 aromatic rings. The van der Waals surface area contributed by atoms with Crippen LogP contribution < -0.4 is 5.32 Å². The number of aryl methyl sites for hydroxylation is 1. The second kappa shape index (κ2) is 11.7. The molecule has 2 rings (SSSR count). The van der Waals surface area contributed by atoms with Crippen LogP contribution in [0.1, 0.15) is 43.9 Å². The number of amides is 2. The van der Waals surface area contributed by atoms with Gasteiger partial charge < -0.3 is 10.2 Å². The van der Waals surface area contributed by atoms with E-state index in [1.54, 1.807) is 17.0 Å². The average Bonchev–Trinajstić information content (AvgIpc) is 2.68. The van der Waals surface area contributed by atoms with Crippen molar-refractivity contribution in [2.75, 3.05) is 5.75 Å². The van der Waals surface area contributed by atoms with Crippen molar-refractivity contribution >= 4 is 23.6 Å². The lowest BCUT2D eigenvalue weighted by atomic mass is 10.1. The molecule has 0 heterocycles. The normalized spacial score (nSPS) is 11.9. The molecule has 0 aromatic heterocycles. The van der Waals surface area contributed by atoms with E-state index in [1.165, 1.54) is 35.0 Å². The van der Waals surface area contributed by atoms with Crippen LogP contribution in [-0.4, -0.2) is 34.6 Å². The van der Waals surface area contributed by atoms with Crippen molar-refractivity contribution in [3.63, 3.8) is 0 Å². The molecule has 2 amide bonds. The quantitative estimate of drug-likeness (QED) is 0.594. The number of thioether (sulfide) groups is 1. The Morgan fingerprint density at radius 1 is 1.10 bits per heavy atom. The van der Waals surface area contributed by atoms with Crippen LogP contribution in [0.5, 0.6) is 0 Å². The van der Waals surface area contributed by atoms with E-state index in [4.69, 9.17) is 0 Å². The van der Waals surface area contributed by atoms with Gasteiger partial charge >= 0.3 is 0 Å². The second-order valence-electron chi connectivity index (χ2n) is 7.72. The molecular weight excluding hydrogens is 399 g/mol. The zero-order valence-corrected chi connectivity index (χ0v) is 19.0. The average molecular weight is 431 g/mol. The summed E-state index contributed by atoms with van der Waals surface area (Å²) in [7, 11) is 0. The molecule has 0 spiro atoms. The third kappa shape index (κ3) is 7.48. The number of halogens is 1. The summed E-state index contributed by atoms with van der Waals surface area (Å²) in [5.74, 6) is 0.428. The number of rotatable bonds is 10. The van der Waals surface area contributed by atoms with Crippen LogP contribution in [0.3, 0.4) is 0 Å². The van der Waals surface area contributed by atoms with Crippen molar-refractivity contribution in [2.45, 2.75) is 58.5 Å². The molecule has 0 aliphatic carbocycles. The zero-order valence-electron chi connectivity index (χ0n) is 18.2. The first kappa shape index (κ1) is 23.9. The van der Waals surface area contributed by atoms with Crippen molar-refractivity contribution in [3.8, 4) is 0 Å². The van der Waals surface area contributed by atoms with Gasteiger partial charge in [0.15, 0.2) is 0 Å². The number of carbonyl (C=O) groups excluding carboxylic acids is 2. The standard InChI is InChI=1S/C24H31FN2O2S/c1-5-22(24(29)26-17(2)3)27(14-19-9-11-21(25)12-10-19)23(28)16-30-15-20-8-6-7-18(4)13-20/h6-13,17,22H,5,14-16H2,1-4H3,(H,26,29)/t22-/m1/s1. The van der Waals surface area contributed by atoms with E-state index in [0.29, 0.717) is 6.42 Å². The Bertz CT molecular complexity index is 839. The predicted molar refractivity (Wildman–Crippen MR) is 122 cm³/mol. The summed E-state index contributed by atoms with van der Waals surface area (Å²) < 4.78 is 13.3. The Labute approximate surface area is 183 Å². The number of carbonyl (C=O) groups is 2. The molecule has 1 N–H and O–H groups in total. The molecule has 0 unspecified atom stereocenters. The number of benzene rings is 2. The summed E-state index contributed by atoms with van der Waals surface area (Å²) in [5.41, 5.74) is 3.15. The van der Waals surface area contributed by atoms with Crippen molar-refractivity contribution in [1.82, 2.24) is 10.2 Å². The molecule has 0 saturated carbocycles. The number of nitrogens with zero attached hydrogens (tertiary/aromatic N) is 1. The first-order valence-electron chi connectivity index (χ1n) is 10.3. The maximum absolute atomic E-state index is 13.3. The van der Waals surface area contributed by atoms with E-state index in [1.807, 2.05) is 45.9 Å². The summed E-state index contributed by atoms with van der Waals surface area (Å²) in [5, 5.41) is 2.91. The Hall–Kier alpha value is -2.34. The van der Waals surface area contributed by atoms with Crippen LogP contribution in [0.4, 0.5) is 4.39 Å². The second-order valence-corrected chi connectivity index (χ2v) is 8.70. The van der Waals surface area contributed by atoms with Crippen LogP contribution >= 0.6 is 11.8 Å². The monoisotopic (exact) mass is 430 g/mol. The van der Waals surface area contributed by atoms with Crippen LogP contribution in [0, 0.1) is 12.7 Å². The minimum Gasteiger partial charge on any atom is -0.352 e. The molecule has 6 heteroatoms. The van der Waals surface area contributed by atoms with Crippen LogP contribution in [-0.2, 0) is 21.9 Å². The Balaban J connectivity index is 2.12. The van der Waals surface area contributed by atoms with Gasteiger partial charge in [-0.15, -0.1) is 11.8 Å². The third-order valence-electron chi connectivity index (χ3n) is 4.66. The molecule has 30 heavy (non-hydrogen) atoms. The molecule has 2 aromatic carbocycles. The van der Waals surface area contributed by atoms with Crippen LogP contribution in [0.2, 0.25) is 0 Å². The summed E-state index contributed by atoms with van der Waals surface area (Å²) >= 11 is 1.54. The fourth-order valence-electron chi connectivity index (χ4n) is 3.23. The molecule has 162 valence electrons. The molecule has 0 fully saturated rings. The molecule has 0 aliphatic heterocycles. The van der Waals surface area contributed by atoms with Gasteiger partial charge in [0, 0.05) is 18.3 Å². The highest BCUT2D eigenvalue weighted by Crippen LogP contribution is 2.18. The van der Waals surface area contributed by atoms with Crippen molar-refractivity contribution in [1.29, 1.82) is 0 Å². The van der Waals surface area contributed by atoms with E-state index in [-0.39, 0.29) is 36.0 Å². The molecule has 0 aliphatic rings. The molecule has 4 nitrogen and oxygen atoms in total. The summed E-state index contributed by atoms with van der Waals surface area (Å²) in [6.45, 7) is 8.01. The highest BCUT2D eigenvalue weighted by atomic mass is 32.2. The van der Waals surface area contributed by atoms with Gasteiger partial charge in [0.1, 0.15) is 11.9 Å². The summed E-state index contributed by atoms with van der Waals surface area (Å²) in [6, 6.07) is 13.7. The van der Waals surface area contributed by atoms with E-state index >= 15 is 0 Å². The third-order valence-corrected chi connectivity index (χ3v) is 5.65. The van der Waals surface area contributed by atoms with E-state index in [2.05, 4.69) is 11.4 Å². The van der Waals surface area contributed by atoms with Gasteiger partial charge in [-0.05, 0) is 50.5 Å². The highest BCUT2D eigenvalue weighted by Gasteiger charge is 2.28. The van der Waals surface area contributed by atoms with E-state index in [0.717, 1.165) is 11.3 Å². The fraction of sp³-hybridized carbons (Fsp3) is 0.417. The topological polar surface area (TPSA) is 49.4 Å². The SMILES string of the molecule is CC[C@H](C(=O)NC(C)C)N(Cc1ccc(F)cc1)C(=O)CSCc1cccc(C)c1. The van der Waals surface area contributed by atoms with Crippen molar-refractivity contribution in [2.24, 2.45) is 0 Å². The molecular formula is C24H31FN2O2S.